The van der Waals surface area contributed by atoms with Gasteiger partial charge in [0.2, 0.25) is 5.91 Å². The fourth-order valence-electron chi connectivity index (χ4n) is 4.27. The number of aromatic hydroxyl groups is 1. The average Bonchev–Trinajstić information content (AvgIpc) is 2.91. The molecule has 7 nitrogen and oxygen atoms in total. The molecule has 1 heterocycles. The Bertz CT molecular complexity index is 1310. The lowest BCUT2D eigenvalue weighted by atomic mass is 9.90. The first kappa shape index (κ1) is 28.6. The van der Waals surface area contributed by atoms with Gasteiger partial charge in [0.25, 0.3) is 0 Å². The quantitative estimate of drug-likeness (QED) is 0.316. The molecule has 2 aromatic carbocycles. The van der Waals surface area contributed by atoms with Crippen molar-refractivity contribution < 1.29 is 27.8 Å². The van der Waals surface area contributed by atoms with E-state index in [0.29, 0.717) is 29.2 Å². The molecule has 1 saturated carbocycles. The molecular weight excluding hydrogens is 533 g/mol. The van der Waals surface area contributed by atoms with E-state index in [1.807, 2.05) is 12.1 Å². The largest absolute Gasteiger partial charge is 0.493 e. The Morgan fingerprint density at radius 3 is 2.36 bits per heavy atom. The Labute approximate surface area is 229 Å². The van der Waals surface area contributed by atoms with Gasteiger partial charge in [0, 0.05) is 17.7 Å². The molecule has 0 saturated heterocycles. The van der Waals surface area contributed by atoms with E-state index < -0.39 is 23.5 Å². The van der Waals surface area contributed by atoms with Crippen LogP contribution in [0.3, 0.4) is 0 Å². The number of aromatic nitrogens is 3. The number of hydrogen-bond donors (Lipinski definition) is 2. The summed E-state index contributed by atoms with van der Waals surface area (Å²) in [6.07, 6.45) is 1.46. The van der Waals surface area contributed by atoms with E-state index in [0.717, 1.165) is 19.6 Å². The maximum absolute atomic E-state index is 13.2. The van der Waals surface area contributed by atoms with Gasteiger partial charge in [-0.25, -0.2) is 4.98 Å². The number of nitrogens with one attached hydrogen (secondary N) is 1. The number of benzene rings is 2. The van der Waals surface area contributed by atoms with Gasteiger partial charge in [-0.05, 0) is 74.6 Å². The van der Waals surface area contributed by atoms with Crippen molar-refractivity contribution in [3.63, 3.8) is 0 Å². The van der Waals surface area contributed by atoms with Gasteiger partial charge in [0.1, 0.15) is 11.2 Å². The van der Waals surface area contributed by atoms with Gasteiger partial charge in [0.05, 0.1) is 11.6 Å². The summed E-state index contributed by atoms with van der Waals surface area (Å²) in [4.78, 5) is 24.6. The van der Waals surface area contributed by atoms with Gasteiger partial charge in [-0.15, -0.1) is 0 Å². The summed E-state index contributed by atoms with van der Waals surface area (Å²) in [6, 6.07) is 11.3. The number of halogens is 4. The second kappa shape index (κ2) is 11.8. The van der Waals surface area contributed by atoms with Crippen molar-refractivity contribution in [1.29, 1.82) is 0 Å². The molecule has 208 valence electrons. The van der Waals surface area contributed by atoms with Crippen LogP contribution in [0.25, 0.3) is 22.8 Å². The SMILES string of the molecule is CC(C)(C(=O)NCc1ccc(Cl)c(-c2nc(O)nc(-c3ccc(OCC4CCCCC4)cc3)n2)c1)C(F)(F)F. The fraction of sp³-hybridized carbons (Fsp3) is 0.429. The highest BCUT2D eigenvalue weighted by Gasteiger charge is 2.52. The summed E-state index contributed by atoms with van der Waals surface area (Å²) < 4.78 is 45.5. The third kappa shape index (κ3) is 6.98. The van der Waals surface area contributed by atoms with Crippen molar-refractivity contribution in [1.82, 2.24) is 20.3 Å². The summed E-state index contributed by atoms with van der Waals surface area (Å²) in [5.74, 6) is 0.431. The number of alkyl halides is 3. The van der Waals surface area contributed by atoms with Crippen LogP contribution in [-0.2, 0) is 11.3 Å². The van der Waals surface area contributed by atoms with Crippen LogP contribution in [0.5, 0.6) is 11.8 Å². The van der Waals surface area contributed by atoms with Gasteiger partial charge in [-0.3, -0.25) is 4.79 Å². The molecule has 1 aliphatic rings. The second-order valence-electron chi connectivity index (χ2n) is 10.2. The van der Waals surface area contributed by atoms with E-state index in [9.17, 15) is 23.1 Å². The predicted octanol–water partition coefficient (Wildman–Crippen LogP) is 6.73. The summed E-state index contributed by atoms with van der Waals surface area (Å²) in [6.45, 7) is 2.15. The molecule has 4 rings (SSSR count). The monoisotopic (exact) mass is 562 g/mol. The van der Waals surface area contributed by atoms with Crippen LogP contribution in [0.1, 0.15) is 51.5 Å². The molecule has 1 amide bonds. The number of hydrogen-bond acceptors (Lipinski definition) is 6. The van der Waals surface area contributed by atoms with E-state index in [-0.39, 0.29) is 23.2 Å². The first-order valence-electron chi connectivity index (χ1n) is 12.8. The van der Waals surface area contributed by atoms with E-state index in [4.69, 9.17) is 16.3 Å². The van der Waals surface area contributed by atoms with E-state index in [2.05, 4.69) is 20.3 Å². The highest BCUT2D eigenvalue weighted by Crippen LogP contribution is 2.37. The van der Waals surface area contributed by atoms with E-state index in [1.165, 1.54) is 38.2 Å². The number of amides is 1. The average molecular weight is 563 g/mol. The summed E-state index contributed by atoms with van der Waals surface area (Å²) in [5, 5.41) is 12.8. The van der Waals surface area contributed by atoms with Gasteiger partial charge in [-0.2, -0.15) is 23.1 Å². The molecule has 0 radical (unpaired) electrons. The molecule has 1 fully saturated rings. The standard InChI is InChI=1S/C28H30ClF3N4O3/c1-27(2,28(30,31)32)25(37)33-15-18-8-13-22(29)21(14-18)24-34-23(35-26(38)36-24)19-9-11-20(12-10-19)39-16-17-6-4-3-5-7-17/h8-14,17H,3-7,15-16H2,1-2H3,(H,33,37)(H,34,35,36,38). The van der Waals surface area contributed by atoms with Gasteiger partial charge in [0.15, 0.2) is 11.6 Å². The fourth-order valence-corrected chi connectivity index (χ4v) is 4.47. The molecule has 1 aromatic heterocycles. The first-order valence-corrected chi connectivity index (χ1v) is 13.1. The number of nitrogens with zero attached hydrogens (tertiary/aromatic N) is 3. The van der Waals surface area contributed by atoms with Crippen LogP contribution in [0.2, 0.25) is 5.02 Å². The van der Waals surface area contributed by atoms with Crippen LogP contribution in [0, 0.1) is 11.3 Å². The Morgan fingerprint density at radius 2 is 1.69 bits per heavy atom. The van der Waals surface area contributed by atoms with Gasteiger partial charge in [-0.1, -0.05) is 36.9 Å². The van der Waals surface area contributed by atoms with Crippen molar-refractivity contribution >= 4 is 17.5 Å². The lowest BCUT2D eigenvalue weighted by molar-refractivity contribution is -0.211. The Balaban J connectivity index is 1.49. The highest BCUT2D eigenvalue weighted by atomic mass is 35.5. The smallest absolute Gasteiger partial charge is 0.402 e. The molecule has 39 heavy (non-hydrogen) atoms. The third-order valence-corrected chi connectivity index (χ3v) is 7.28. The summed E-state index contributed by atoms with van der Waals surface area (Å²) in [7, 11) is 0. The van der Waals surface area contributed by atoms with Crippen molar-refractivity contribution in [2.45, 2.75) is 58.7 Å². The van der Waals surface area contributed by atoms with Crippen LogP contribution in [0.4, 0.5) is 13.2 Å². The van der Waals surface area contributed by atoms with Crippen molar-refractivity contribution in [3.05, 3.63) is 53.1 Å². The van der Waals surface area contributed by atoms with Crippen LogP contribution < -0.4 is 10.1 Å². The van der Waals surface area contributed by atoms with Gasteiger partial charge >= 0.3 is 12.2 Å². The van der Waals surface area contributed by atoms with E-state index >= 15 is 0 Å². The Morgan fingerprint density at radius 1 is 1.03 bits per heavy atom. The summed E-state index contributed by atoms with van der Waals surface area (Å²) in [5.41, 5.74) is -1.13. The molecule has 0 aliphatic heterocycles. The molecule has 3 aromatic rings. The first-order chi connectivity index (χ1) is 18.4. The van der Waals surface area contributed by atoms with Crippen molar-refractivity contribution in [3.8, 4) is 34.5 Å². The van der Waals surface area contributed by atoms with Crippen molar-refractivity contribution in [2.75, 3.05) is 6.61 Å². The number of carbonyl (C=O) groups excluding carboxylic acids is 1. The molecule has 0 unspecified atom stereocenters. The Kier molecular flexibility index (Phi) is 8.64. The minimum absolute atomic E-state index is 0.0731. The van der Waals surface area contributed by atoms with Crippen LogP contribution in [0.15, 0.2) is 42.5 Å². The molecule has 1 aliphatic carbocycles. The van der Waals surface area contributed by atoms with Crippen LogP contribution >= 0.6 is 11.6 Å². The zero-order chi connectivity index (χ0) is 28.2. The normalized spacial score (nSPS) is 14.7. The number of ether oxygens (including phenoxy) is 1. The number of carbonyl (C=O) groups is 1. The second-order valence-corrected chi connectivity index (χ2v) is 10.6. The minimum Gasteiger partial charge on any atom is -0.493 e. The Hall–Kier alpha value is -3.40. The number of rotatable bonds is 8. The van der Waals surface area contributed by atoms with Crippen LogP contribution in [-0.4, -0.2) is 38.7 Å². The highest BCUT2D eigenvalue weighted by molar-refractivity contribution is 6.33. The molecule has 2 N–H and O–H groups in total. The molecular formula is C28H30ClF3N4O3. The maximum Gasteiger partial charge on any atom is 0.402 e. The predicted molar refractivity (Wildman–Crippen MR) is 141 cm³/mol. The zero-order valence-corrected chi connectivity index (χ0v) is 22.4. The lowest BCUT2D eigenvalue weighted by Gasteiger charge is -2.26. The summed E-state index contributed by atoms with van der Waals surface area (Å²) >= 11 is 6.36. The lowest BCUT2D eigenvalue weighted by Crippen LogP contribution is -2.46. The topological polar surface area (TPSA) is 97.2 Å². The molecule has 0 bridgehead atoms. The zero-order valence-electron chi connectivity index (χ0n) is 21.7. The van der Waals surface area contributed by atoms with E-state index in [1.54, 1.807) is 24.3 Å². The molecule has 11 heteroatoms. The molecule has 0 spiro atoms. The maximum atomic E-state index is 13.2. The third-order valence-electron chi connectivity index (χ3n) is 6.95. The molecule has 0 atom stereocenters. The van der Waals surface area contributed by atoms with Gasteiger partial charge < -0.3 is 15.2 Å². The minimum atomic E-state index is -4.69. The van der Waals surface area contributed by atoms with Crippen molar-refractivity contribution in [2.24, 2.45) is 11.3 Å².